The van der Waals surface area contributed by atoms with Crippen LogP contribution in [0.4, 0.5) is 0 Å². The first-order valence-corrected chi connectivity index (χ1v) is 6.50. The smallest absolute Gasteiger partial charge is 0.322 e. The molecule has 0 bridgehead atoms. The molecule has 1 unspecified atom stereocenters. The van der Waals surface area contributed by atoms with Crippen molar-refractivity contribution in [2.24, 2.45) is 0 Å². The molecule has 94 valence electrons. The summed E-state index contributed by atoms with van der Waals surface area (Å²) in [5.74, 6) is -0.754. The Morgan fingerprint density at radius 2 is 2.41 bits per heavy atom. The fourth-order valence-corrected chi connectivity index (χ4v) is 3.05. The Balaban J connectivity index is 2.10. The van der Waals surface area contributed by atoms with Crippen molar-refractivity contribution in [1.82, 2.24) is 15.2 Å². The van der Waals surface area contributed by atoms with Gasteiger partial charge in [-0.2, -0.15) is 0 Å². The quantitative estimate of drug-likeness (QED) is 0.829. The number of carboxylic acid groups (broad SMARTS) is 1. The van der Waals surface area contributed by atoms with Gasteiger partial charge in [-0.25, -0.2) is 4.98 Å². The zero-order valence-electron chi connectivity index (χ0n) is 10.1. The Morgan fingerprint density at radius 1 is 1.65 bits per heavy atom. The first-order chi connectivity index (χ1) is 8.08. The van der Waals surface area contributed by atoms with Crippen molar-refractivity contribution in [1.29, 1.82) is 0 Å². The lowest BCUT2D eigenvalue weighted by atomic mass is 10.2. The maximum Gasteiger partial charge on any atom is 0.322 e. The van der Waals surface area contributed by atoms with Crippen molar-refractivity contribution >= 4 is 17.3 Å². The van der Waals surface area contributed by atoms with Gasteiger partial charge in [0.1, 0.15) is 6.04 Å². The molecular formula is C11H17N3O2S. The molecule has 2 heterocycles. The van der Waals surface area contributed by atoms with Gasteiger partial charge in [0.05, 0.1) is 10.7 Å². The molecule has 6 heteroatoms. The zero-order chi connectivity index (χ0) is 12.4. The van der Waals surface area contributed by atoms with E-state index < -0.39 is 12.0 Å². The molecule has 0 radical (unpaired) electrons. The van der Waals surface area contributed by atoms with Gasteiger partial charge in [0.15, 0.2) is 0 Å². The van der Waals surface area contributed by atoms with Crippen LogP contribution in [0.3, 0.4) is 0 Å². The highest BCUT2D eigenvalue weighted by molar-refractivity contribution is 7.11. The number of rotatable bonds is 3. The van der Waals surface area contributed by atoms with Crippen LogP contribution in [0, 0.1) is 13.8 Å². The minimum atomic E-state index is -0.754. The van der Waals surface area contributed by atoms with Crippen LogP contribution in [0.2, 0.25) is 0 Å². The Morgan fingerprint density at radius 3 is 3.00 bits per heavy atom. The number of carbonyl (C=O) groups is 1. The lowest BCUT2D eigenvalue weighted by Gasteiger charge is -2.33. The Hall–Kier alpha value is -0.980. The summed E-state index contributed by atoms with van der Waals surface area (Å²) in [6.45, 7) is 6.79. The Labute approximate surface area is 104 Å². The topological polar surface area (TPSA) is 65.5 Å². The van der Waals surface area contributed by atoms with Crippen molar-refractivity contribution in [2.45, 2.75) is 26.4 Å². The molecule has 1 aliphatic heterocycles. The van der Waals surface area contributed by atoms with Crippen molar-refractivity contribution < 1.29 is 9.90 Å². The summed E-state index contributed by atoms with van der Waals surface area (Å²) in [5.41, 5.74) is 1.02. The molecule has 0 spiro atoms. The van der Waals surface area contributed by atoms with E-state index in [0.717, 1.165) is 23.8 Å². The fourth-order valence-electron chi connectivity index (χ4n) is 2.08. The van der Waals surface area contributed by atoms with Crippen LogP contribution in [0.25, 0.3) is 0 Å². The van der Waals surface area contributed by atoms with Crippen molar-refractivity contribution in [3.05, 3.63) is 15.6 Å². The maximum absolute atomic E-state index is 11.2. The average Bonchev–Trinajstić information content (AvgIpc) is 2.58. The van der Waals surface area contributed by atoms with Gasteiger partial charge in [-0.1, -0.05) is 0 Å². The Bertz CT molecular complexity index is 419. The number of aliphatic carboxylic acids is 1. The third-order valence-electron chi connectivity index (χ3n) is 2.99. The van der Waals surface area contributed by atoms with E-state index in [2.05, 4.69) is 10.3 Å². The number of carboxylic acids is 1. The van der Waals surface area contributed by atoms with E-state index >= 15 is 0 Å². The van der Waals surface area contributed by atoms with E-state index in [1.165, 1.54) is 4.88 Å². The molecule has 1 fully saturated rings. The number of nitrogens with one attached hydrogen (secondary N) is 1. The van der Waals surface area contributed by atoms with Gasteiger partial charge in [0, 0.05) is 31.1 Å². The molecule has 1 aliphatic rings. The first kappa shape index (κ1) is 12.5. The molecule has 1 saturated heterocycles. The van der Waals surface area contributed by atoms with E-state index in [0.29, 0.717) is 13.1 Å². The summed E-state index contributed by atoms with van der Waals surface area (Å²) in [5, 5.41) is 13.3. The van der Waals surface area contributed by atoms with Crippen LogP contribution in [-0.4, -0.2) is 46.6 Å². The highest BCUT2D eigenvalue weighted by Gasteiger charge is 2.28. The molecule has 1 aromatic heterocycles. The van der Waals surface area contributed by atoms with E-state index in [4.69, 9.17) is 5.11 Å². The summed E-state index contributed by atoms with van der Waals surface area (Å²) in [6, 6.07) is -0.425. The molecule has 2 N–H and O–H groups in total. The zero-order valence-corrected chi connectivity index (χ0v) is 10.9. The number of thiazole rings is 1. The summed E-state index contributed by atoms with van der Waals surface area (Å²) < 4.78 is 0. The van der Waals surface area contributed by atoms with Gasteiger partial charge in [0.25, 0.3) is 0 Å². The minimum Gasteiger partial charge on any atom is -0.480 e. The van der Waals surface area contributed by atoms with Gasteiger partial charge in [-0.3, -0.25) is 9.69 Å². The van der Waals surface area contributed by atoms with Crippen LogP contribution >= 0.6 is 11.3 Å². The third-order valence-corrected chi connectivity index (χ3v) is 4.04. The third kappa shape index (κ3) is 2.83. The van der Waals surface area contributed by atoms with Gasteiger partial charge in [0.2, 0.25) is 0 Å². The summed E-state index contributed by atoms with van der Waals surface area (Å²) in [6.07, 6.45) is 0. The van der Waals surface area contributed by atoms with Crippen LogP contribution in [0.1, 0.15) is 15.6 Å². The number of hydrogen-bond acceptors (Lipinski definition) is 5. The second-order valence-corrected chi connectivity index (χ2v) is 5.56. The highest BCUT2D eigenvalue weighted by atomic mass is 32.1. The lowest BCUT2D eigenvalue weighted by molar-refractivity contribution is -0.144. The predicted octanol–water partition coefficient (Wildman–Crippen LogP) is 0.618. The highest BCUT2D eigenvalue weighted by Crippen LogP contribution is 2.20. The summed E-state index contributed by atoms with van der Waals surface area (Å²) >= 11 is 1.66. The fraction of sp³-hybridized carbons (Fsp3) is 0.636. The number of hydrogen-bond donors (Lipinski definition) is 2. The number of aromatic nitrogens is 1. The summed E-state index contributed by atoms with van der Waals surface area (Å²) in [4.78, 5) is 18.7. The molecular weight excluding hydrogens is 238 g/mol. The molecule has 0 aromatic carbocycles. The van der Waals surface area contributed by atoms with Crippen LogP contribution in [-0.2, 0) is 11.3 Å². The molecule has 1 atom stereocenters. The molecule has 0 amide bonds. The van der Waals surface area contributed by atoms with Gasteiger partial charge in [-0.15, -0.1) is 11.3 Å². The second-order valence-electron chi connectivity index (χ2n) is 4.27. The molecule has 5 nitrogen and oxygen atoms in total. The normalized spacial score (nSPS) is 21.6. The van der Waals surface area contributed by atoms with Gasteiger partial charge in [-0.05, 0) is 13.8 Å². The van der Waals surface area contributed by atoms with Crippen LogP contribution in [0.5, 0.6) is 0 Å². The monoisotopic (exact) mass is 255 g/mol. The largest absolute Gasteiger partial charge is 0.480 e. The van der Waals surface area contributed by atoms with E-state index in [1.54, 1.807) is 11.3 Å². The standard InChI is InChI=1S/C11H17N3O2S/c1-7-10(17-8(2)13-7)6-14-4-3-12-5-9(14)11(15)16/h9,12H,3-6H2,1-2H3,(H,15,16). The Kier molecular flexibility index (Phi) is 3.76. The maximum atomic E-state index is 11.2. The summed E-state index contributed by atoms with van der Waals surface area (Å²) in [7, 11) is 0. The van der Waals surface area contributed by atoms with E-state index in [1.807, 2.05) is 18.7 Å². The molecule has 1 aromatic rings. The molecule has 17 heavy (non-hydrogen) atoms. The predicted molar refractivity (Wildman–Crippen MR) is 66.3 cm³/mol. The van der Waals surface area contributed by atoms with E-state index in [-0.39, 0.29) is 0 Å². The van der Waals surface area contributed by atoms with Gasteiger partial charge < -0.3 is 10.4 Å². The van der Waals surface area contributed by atoms with Crippen molar-refractivity contribution in [3.63, 3.8) is 0 Å². The SMILES string of the molecule is Cc1nc(C)c(CN2CCNCC2C(=O)O)s1. The minimum absolute atomic E-state index is 0.425. The van der Waals surface area contributed by atoms with Crippen molar-refractivity contribution in [3.8, 4) is 0 Å². The number of aryl methyl sites for hydroxylation is 2. The number of nitrogens with zero attached hydrogens (tertiary/aromatic N) is 2. The second kappa shape index (κ2) is 5.12. The lowest BCUT2D eigenvalue weighted by Crippen LogP contribution is -2.54. The van der Waals surface area contributed by atoms with Crippen molar-refractivity contribution in [2.75, 3.05) is 19.6 Å². The van der Waals surface area contributed by atoms with Crippen LogP contribution < -0.4 is 5.32 Å². The average molecular weight is 255 g/mol. The van der Waals surface area contributed by atoms with Crippen LogP contribution in [0.15, 0.2) is 0 Å². The first-order valence-electron chi connectivity index (χ1n) is 5.68. The van der Waals surface area contributed by atoms with Gasteiger partial charge >= 0.3 is 5.97 Å². The molecule has 0 saturated carbocycles. The van der Waals surface area contributed by atoms with E-state index in [9.17, 15) is 4.79 Å². The molecule has 0 aliphatic carbocycles. The number of piperazine rings is 1. The molecule has 2 rings (SSSR count).